The van der Waals surface area contributed by atoms with Gasteiger partial charge in [0, 0.05) is 37.7 Å². The lowest BCUT2D eigenvalue weighted by atomic mass is 9.81. The summed E-state index contributed by atoms with van der Waals surface area (Å²) in [6, 6.07) is 14.3. The number of benzene rings is 3. The van der Waals surface area contributed by atoms with E-state index in [9.17, 15) is 4.79 Å². The Bertz CT molecular complexity index is 1300. The number of hydrogen-bond acceptors (Lipinski definition) is 3. The molecule has 3 aromatic carbocycles. The summed E-state index contributed by atoms with van der Waals surface area (Å²) in [5.41, 5.74) is 15.5. The number of carbonyl (C=O) groups is 1. The summed E-state index contributed by atoms with van der Waals surface area (Å²) in [6.07, 6.45) is 2.70. The molecule has 1 aliphatic carbocycles. The number of nitrogens with two attached hydrogens (primary N) is 1. The Kier molecular flexibility index (Phi) is 8.21. The van der Waals surface area contributed by atoms with Gasteiger partial charge < -0.3 is 16.0 Å². The summed E-state index contributed by atoms with van der Waals surface area (Å²) in [4.78, 5) is 15.6. The van der Waals surface area contributed by atoms with Gasteiger partial charge in [0.2, 0.25) is 0 Å². The standard InChI is InChI=1S/C29H31Cl2N3O.ClH/c1-3-4-8-20-24(21-11-7-12-22(30)27(21)31)25-19-10-6-5-9-18(19)17(2)23(25)28(26(20)29(32)35)34-15-13-33-14-16-34;/h5-7,9-12,17,33H,3-4,8,13-16H2,1-2H3,(H2,32,35);1H. The molecular formula is C29H32Cl3N3O. The number of nitrogens with zero attached hydrogens (tertiary/aromatic N) is 1. The lowest BCUT2D eigenvalue weighted by molar-refractivity contribution is 0.0999. The Balaban J connectivity index is 0.00000304. The van der Waals surface area contributed by atoms with Gasteiger partial charge in [-0.05, 0) is 52.3 Å². The summed E-state index contributed by atoms with van der Waals surface area (Å²) in [7, 11) is 0. The van der Waals surface area contributed by atoms with Crippen LogP contribution in [0.25, 0.3) is 22.3 Å². The maximum Gasteiger partial charge on any atom is 0.251 e. The maximum absolute atomic E-state index is 13.3. The van der Waals surface area contributed by atoms with Gasteiger partial charge >= 0.3 is 0 Å². The molecule has 1 heterocycles. The quantitative estimate of drug-likeness (QED) is 0.349. The second kappa shape index (κ2) is 11.0. The first-order valence-electron chi connectivity index (χ1n) is 12.5. The molecule has 0 radical (unpaired) electrons. The van der Waals surface area contributed by atoms with Crippen molar-refractivity contribution in [2.45, 2.75) is 39.0 Å². The molecule has 0 saturated carbocycles. The molecule has 3 aromatic rings. The minimum Gasteiger partial charge on any atom is -0.368 e. The molecule has 7 heteroatoms. The van der Waals surface area contributed by atoms with Crippen molar-refractivity contribution in [3.8, 4) is 22.3 Å². The number of hydrogen-bond donors (Lipinski definition) is 2. The number of nitrogens with one attached hydrogen (secondary N) is 1. The number of rotatable bonds is 6. The van der Waals surface area contributed by atoms with E-state index in [1.54, 1.807) is 6.07 Å². The van der Waals surface area contributed by atoms with Crippen LogP contribution in [0.15, 0.2) is 42.5 Å². The van der Waals surface area contributed by atoms with E-state index in [1.165, 1.54) is 22.3 Å². The third kappa shape index (κ3) is 4.39. The van der Waals surface area contributed by atoms with E-state index in [4.69, 9.17) is 28.9 Å². The summed E-state index contributed by atoms with van der Waals surface area (Å²) in [5, 5.41) is 4.45. The highest BCUT2D eigenvalue weighted by atomic mass is 35.5. The van der Waals surface area contributed by atoms with Gasteiger partial charge in [0.1, 0.15) is 0 Å². The normalized spacial score (nSPS) is 16.3. The van der Waals surface area contributed by atoms with Gasteiger partial charge in [0.25, 0.3) is 5.91 Å². The van der Waals surface area contributed by atoms with Crippen LogP contribution < -0.4 is 16.0 Å². The molecule has 1 atom stereocenters. The van der Waals surface area contributed by atoms with E-state index < -0.39 is 0 Å². The average molecular weight is 545 g/mol. The first kappa shape index (κ1) is 26.8. The predicted octanol–water partition coefficient (Wildman–Crippen LogP) is 7.07. The summed E-state index contributed by atoms with van der Waals surface area (Å²) >= 11 is 13.4. The summed E-state index contributed by atoms with van der Waals surface area (Å²) < 4.78 is 0. The van der Waals surface area contributed by atoms with Crippen molar-refractivity contribution in [1.29, 1.82) is 0 Å². The molecule has 190 valence electrons. The molecule has 0 spiro atoms. The Hall–Kier alpha value is -2.24. The summed E-state index contributed by atoms with van der Waals surface area (Å²) in [5.74, 6) is -0.254. The molecule has 1 amide bonds. The van der Waals surface area contributed by atoms with Crippen LogP contribution in [0, 0.1) is 0 Å². The van der Waals surface area contributed by atoms with Gasteiger partial charge in [-0.1, -0.05) is 79.9 Å². The fraction of sp³-hybridized carbons (Fsp3) is 0.345. The zero-order valence-corrected chi connectivity index (χ0v) is 23.0. The molecule has 1 fully saturated rings. The van der Waals surface area contributed by atoms with Crippen LogP contribution in [0.1, 0.15) is 59.7 Å². The van der Waals surface area contributed by atoms with Crippen LogP contribution >= 0.6 is 35.6 Å². The lowest BCUT2D eigenvalue weighted by Gasteiger charge is -2.35. The van der Waals surface area contributed by atoms with E-state index in [0.29, 0.717) is 15.6 Å². The number of halogens is 3. The van der Waals surface area contributed by atoms with Gasteiger partial charge in [-0.3, -0.25) is 4.79 Å². The van der Waals surface area contributed by atoms with E-state index in [0.717, 1.165) is 67.8 Å². The molecule has 1 unspecified atom stereocenters. The van der Waals surface area contributed by atoms with Crippen molar-refractivity contribution in [2.24, 2.45) is 5.73 Å². The Morgan fingerprint density at radius 1 is 1.06 bits per heavy atom. The van der Waals surface area contributed by atoms with Crippen LogP contribution in [0.3, 0.4) is 0 Å². The van der Waals surface area contributed by atoms with Crippen LogP contribution in [-0.4, -0.2) is 32.1 Å². The molecule has 2 aliphatic rings. The second-order valence-corrected chi connectivity index (χ2v) is 10.3. The van der Waals surface area contributed by atoms with Crippen molar-refractivity contribution in [3.63, 3.8) is 0 Å². The number of carbonyl (C=O) groups excluding carboxylic acids is 1. The largest absolute Gasteiger partial charge is 0.368 e. The van der Waals surface area contributed by atoms with Crippen LogP contribution in [0.2, 0.25) is 10.0 Å². The van der Waals surface area contributed by atoms with Gasteiger partial charge in [-0.2, -0.15) is 0 Å². The lowest BCUT2D eigenvalue weighted by Crippen LogP contribution is -2.45. The van der Waals surface area contributed by atoms with Crippen molar-refractivity contribution in [1.82, 2.24) is 5.32 Å². The molecular weight excluding hydrogens is 513 g/mol. The van der Waals surface area contributed by atoms with E-state index in [2.05, 4.69) is 48.3 Å². The van der Waals surface area contributed by atoms with Crippen molar-refractivity contribution >= 4 is 47.2 Å². The number of primary amides is 1. The number of amides is 1. The number of piperazine rings is 1. The minimum atomic E-state index is -0.380. The van der Waals surface area contributed by atoms with Gasteiger partial charge in [0.15, 0.2) is 0 Å². The molecule has 5 rings (SSSR count). The second-order valence-electron chi connectivity index (χ2n) is 9.48. The van der Waals surface area contributed by atoms with E-state index in [1.807, 2.05) is 12.1 Å². The highest BCUT2D eigenvalue weighted by Gasteiger charge is 2.38. The van der Waals surface area contributed by atoms with Crippen LogP contribution in [0.4, 0.5) is 5.69 Å². The van der Waals surface area contributed by atoms with Gasteiger partial charge in [-0.15, -0.1) is 12.4 Å². The van der Waals surface area contributed by atoms with Gasteiger partial charge in [-0.25, -0.2) is 0 Å². The molecule has 1 saturated heterocycles. The van der Waals surface area contributed by atoms with Crippen molar-refractivity contribution < 1.29 is 4.79 Å². The monoisotopic (exact) mass is 543 g/mol. The summed E-state index contributed by atoms with van der Waals surface area (Å²) in [6.45, 7) is 7.82. The zero-order valence-electron chi connectivity index (χ0n) is 20.7. The third-order valence-corrected chi connectivity index (χ3v) is 8.24. The molecule has 1 aliphatic heterocycles. The number of fused-ring (bicyclic) bond motifs is 3. The van der Waals surface area contributed by atoms with Crippen molar-refractivity contribution in [2.75, 3.05) is 31.1 Å². The third-order valence-electron chi connectivity index (χ3n) is 7.43. The maximum atomic E-state index is 13.3. The van der Waals surface area contributed by atoms with Crippen molar-refractivity contribution in [3.05, 3.63) is 74.8 Å². The average Bonchev–Trinajstić information content (AvgIpc) is 3.16. The molecule has 36 heavy (non-hydrogen) atoms. The highest BCUT2D eigenvalue weighted by molar-refractivity contribution is 6.44. The Morgan fingerprint density at radius 2 is 1.75 bits per heavy atom. The smallest absolute Gasteiger partial charge is 0.251 e. The predicted molar refractivity (Wildman–Crippen MR) is 154 cm³/mol. The van der Waals surface area contributed by atoms with E-state index in [-0.39, 0.29) is 24.2 Å². The van der Waals surface area contributed by atoms with Crippen LogP contribution in [-0.2, 0) is 6.42 Å². The SMILES string of the molecule is CCCCc1c(C(N)=O)c(N2CCNCC2)c2c(c1-c1cccc(Cl)c1Cl)-c1ccccc1C2C.Cl. The first-order valence-corrected chi connectivity index (χ1v) is 13.2. The Labute approximate surface area is 229 Å². The number of anilines is 1. The van der Waals surface area contributed by atoms with Gasteiger partial charge in [0.05, 0.1) is 21.3 Å². The molecule has 0 aromatic heterocycles. The highest BCUT2D eigenvalue weighted by Crippen LogP contribution is 2.56. The van der Waals surface area contributed by atoms with Crippen LogP contribution in [0.5, 0.6) is 0 Å². The molecule has 3 N–H and O–H groups in total. The zero-order chi connectivity index (χ0) is 24.7. The molecule has 4 nitrogen and oxygen atoms in total. The molecule has 0 bridgehead atoms. The fourth-order valence-electron chi connectivity index (χ4n) is 5.85. The topological polar surface area (TPSA) is 58.4 Å². The number of unbranched alkanes of at least 4 members (excludes halogenated alkanes) is 1. The van der Waals surface area contributed by atoms with E-state index >= 15 is 0 Å². The minimum absolute atomic E-state index is 0. The fourth-order valence-corrected chi connectivity index (χ4v) is 6.24. The Morgan fingerprint density at radius 3 is 2.44 bits per heavy atom. The first-order chi connectivity index (χ1) is 17.0.